The number of ether oxygens (including phenoxy) is 1. The van der Waals surface area contributed by atoms with Gasteiger partial charge in [-0.25, -0.2) is 0 Å². The third kappa shape index (κ3) is 4.34. The lowest BCUT2D eigenvalue weighted by molar-refractivity contribution is -0.123. The van der Waals surface area contributed by atoms with Gasteiger partial charge in [-0.3, -0.25) is 4.79 Å². The summed E-state index contributed by atoms with van der Waals surface area (Å²) in [5.74, 6) is 0.125. The minimum absolute atomic E-state index is 0.0240. The van der Waals surface area contributed by atoms with Gasteiger partial charge in [0.2, 0.25) is 5.91 Å². The lowest BCUT2D eigenvalue weighted by Gasteiger charge is -2.28. The average molecular weight is 173 g/mol. The quantitative estimate of drug-likeness (QED) is 0.678. The Morgan fingerprint density at radius 1 is 1.50 bits per heavy atom. The molecule has 1 amide bonds. The number of hydrogen-bond donors (Lipinski definition) is 1. The minimum atomic E-state index is -0.408. The molecule has 3 nitrogen and oxygen atoms in total. The Morgan fingerprint density at radius 3 is 2.33 bits per heavy atom. The maximum atomic E-state index is 10.4. The van der Waals surface area contributed by atoms with E-state index in [9.17, 15) is 4.79 Å². The molecule has 72 valence electrons. The van der Waals surface area contributed by atoms with Gasteiger partial charge in [0.25, 0.3) is 0 Å². The Morgan fingerprint density at radius 2 is 2.00 bits per heavy atom. The van der Waals surface area contributed by atoms with E-state index in [4.69, 9.17) is 10.5 Å². The maximum Gasteiger partial charge on any atom is 0.243 e. The van der Waals surface area contributed by atoms with Crippen molar-refractivity contribution in [2.75, 3.05) is 13.2 Å². The number of nitrogens with two attached hydrogens (primary N) is 1. The molecule has 0 aliphatic carbocycles. The van der Waals surface area contributed by atoms with Gasteiger partial charge in [-0.15, -0.1) is 0 Å². The van der Waals surface area contributed by atoms with Crippen molar-refractivity contribution in [3.63, 3.8) is 0 Å². The molecule has 0 aromatic rings. The second kappa shape index (κ2) is 4.45. The molecule has 0 aliphatic heterocycles. The molecular weight excluding hydrogens is 154 g/mol. The number of amides is 1. The minimum Gasteiger partial charge on any atom is -0.371 e. The Balaban J connectivity index is 3.69. The lowest BCUT2D eigenvalue weighted by Crippen LogP contribution is -2.28. The van der Waals surface area contributed by atoms with Crippen LogP contribution >= 0.6 is 0 Å². The smallest absolute Gasteiger partial charge is 0.243 e. The molecule has 0 heterocycles. The second-order valence-electron chi connectivity index (χ2n) is 4.10. The highest BCUT2D eigenvalue weighted by atomic mass is 16.5. The standard InChI is InChI=1S/C9H19NO2/c1-7(2)9(3,4)6-12-5-8(10)11/h7H,5-6H2,1-4H3,(H2,10,11). The van der Waals surface area contributed by atoms with Gasteiger partial charge in [-0.05, 0) is 11.3 Å². The van der Waals surface area contributed by atoms with Gasteiger partial charge < -0.3 is 10.5 Å². The first-order chi connectivity index (χ1) is 5.36. The van der Waals surface area contributed by atoms with Crippen LogP contribution < -0.4 is 5.73 Å². The summed E-state index contributed by atoms with van der Waals surface area (Å²) in [6.07, 6.45) is 0. The van der Waals surface area contributed by atoms with Crippen LogP contribution in [-0.2, 0) is 9.53 Å². The van der Waals surface area contributed by atoms with Crippen LogP contribution in [0.5, 0.6) is 0 Å². The van der Waals surface area contributed by atoms with Crippen LogP contribution in [0.2, 0.25) is 0 Å². The van der Waals surface area contributed by atoms with Crippen molar-refractivity contribution >= 4 is 5.91 Å². The van der Waals surface area contributed by atoms with E-state index in [0.717, 1.165) is 0 Å². The van der Waals surface area contributed by atoms with Crippen molar-refractivity contribution in [1.29, 1.82) is 0 Å². The van der Waals surface area contributed by atoms with Gasteiger partial charge >= 0.3 is 0 Å². The van der Waals surface area contributed by atoms with E-state index in [-0.39, 0.29) is 12.0 Å². The zero-order valence-electron chi connectivity index (χ0n) is 8.39. The zero-order chi connectivity index (χ0) is 9.78. The first kappa shape index (κ1) is 11.4. The molecule has 0 bridgehead atoms. The molecule has 0 atom stereocenters. The van der Waals surface area contributed by atoms with Crippen LogP contribution in [0.4, 0.5) is 0 Å². The van der Waals surface area contributed by atoms with Crippen LogP contribution in [0, 0.1) is 11.3 Å². The number of rotatable bonds is 5. The summed E-state index contributed by atoms with van der Waals surface area (Å²) >= 11 is 0. The molecule has 2 N–H and O–H groups in total. The fourth-order valence-electron chi connectivity index (χ4n) is 0.581. The van der Waals surface area contributed by atoms with Crippen LogP contribution in [0.3, 0.4) is 0 Å². The first-order valence-corrected chi connectivity index (χ1v) is 4.22. The van der Waals surface area contributed by atoms with Crippen molar-refractivity contribution in [3.8, 4) is 0 Å². The van der Waals surface area contributed by atoms with Gasteiger partial charge in [0, 0.05) is 0 Å². The third-order valence-electron chi connectivity index (χ3n) is 2.28. The Kier molecular flexibility index (Phi) is 4.24. The molecule has 0 fully saturated rings. The van der Waals surface area contributed by atoms with E-state index in [2.05, 4.69) is 27.7 Å². The molecule has 0 aromatic heterocycles. The molecule has 0 saturated heterocycles. The summed E-state index contributed by atoms with van der Waals surface area (Å²) < 4.78 is 5.15. The Hall–Kier alpha value is -0.570. The first-order valence-electron chi connectivity index (χ1n) is 4.22. The zero-order valence-corrected chi connectivity index (χ0v) is 8.39. The molecule has 0 saturated carbocycles. The number of hydrogen-bond acceptors (Lipinski definition) is 2. The van der Waals surface area contributed by atoms with Gasteiger partial charge in [0.15, 0.2) is 0 Å². The van der Waals surface area contributed by atoms with Crippen molar-refractivity contribution in [2.45, 2.75) is 27.7 Å². The van der Waals surface area contributed by atoms with E-state index in [1.165, 1.54) is 0 Å². The molecule has 0 aliphatic rings. The predicted molar refractivity (Wildman–Crippen MR) is 48.6 cm³/mol. The van der Waals surface area contributed by atoms with Crippen LogP contribution in [0.25, 0.3) is 0 Å². The van der Waals surface area contributed by atoms with Gasteiger partial charge in [0.1, 0.15) is 6.61 Å². The summed E-state index contributed by atoms with van der Waals surface area (Å²) in [6, 6.07) is 0. The highest BCUT2D eigenvalue weighted by Crippen LogP contribution is 2.25. The fraction of sp³-hybridized carbons (Fsp3) is 0.889. The summed E-state index contributed by atoms with van der Waals surface area (Å²) in [4.78, 5) is 10.4. The SMILES string of the molecule is CC(C)C(C)(C)COCC(N)=O. The highest BCUT2D eigenvalue weighted by Gasteiger charge is 2.22. The summed E-state index contributed by atoms with van der Waals surface area (Å²) in [5, 5.41) is 0. The van der Waals surface area contributed by atoms with Crippen LogP contribution in [-0.4, -0.2) is 19.1 Å². The number of primary amides is 1. The number of carbonyl (C=O) groups is 1. The Bertz CT molecular complexity index is 153. The normalized spacial score (nSPS) is 12.1. The highest BCUT2D eigenvalue weighted by molar-refractivity contribution is 5.74. The van der Waals surface area contributed by atoms with Crippen molar-refractivity contribution < 1.29 is 9.53 Å². The van der Waals surface area contributed by atoms with Gasteiger partial charge in [0.05, 0.1) is 6.61 Å². The fourth-order valence-corrected chi connectivity index (χ4v) is 0.581. The molecule has 0 radical (unpaired) electrons. The largest absolute Gasteiger partial charge is 0.371 e. The molecule has 0 aromatic carbocycles. The molecule has 0 spiro atoms. The molecular formula is C9H19NO2. The van der Waals surface area contributed by atoms with E-state index in [0.29, 0.717) is 12.5 Å². The topological polar surface area (TPSA) is 52.3 Å². The summed E-state index contributed by atoms with van der Waals surface area (Å²) in [5.41, 5.74) is 5.04. The van der Waals surface area contributed by atoms with Crippen LogP contribution in [0.15, 0.2) is 0 Å². The van der Waals surface area contributed by atoms with E-state index in [1.54, 1.807) is 0 Å². The van der Waals surface area contributed by atoms with E-state index in [1.807, 2.05) is 0 Å². The third-order valence-corrected chi connectivity index (χ3v) is 2.28. The van der Waals surface area contributed by atoms with Gasteiger partial charge in [-0.1, -0.05) is 27.7 Å². The van der Waals surface area contributed by atoms with Crippen molar-refractivity contribution in [3.05, 3.63) is 0 Å². The number of carbonyl (C=O) groups excluding carboxylic acids is 1. The van der Waals surface area contributed by atoms with Crippen molar-refractivity contribution in [1.82, 2.24) is 0 Å². The Labute approximate surface area is 74.3 Å². The van der Waals surface area contributed by atoms with Crippen molar-refractivity contribution in [2.24, 2.45) is 17.1 Å². The molecule has 3 heteroatoms. The van der Waals surface area contributed by atoms with E-state index >= 15 is 0 Å². The average Bonchev–Trinajstić information content (AvgIpc) is 1.85. The lowest BCUT2D eigenvalue weighted by atomic mass is 9.82. The molecule has 0 unspecified atom stereocenters. The maximum absolute atomic E-state index is 10.4. The molecule has 12 heavy (non-hydrogen) atoms. The predicted octanol–water partition coefficient (Wildman–Crippen LogP) is 1.17. The molecule has 0 rings (SSSR count). The summed E-state index contributed by atoms with van der Waals surface area (Å²) in [7, 11) is 0. The van der Waals surface area contributed by atoms with E-state index < -0.39 is 5.91 Å². The van der Waals surface area contributed by atoms with Gasteiger partial charge in [-0.2, -0.15) is 0 Å². The van der Waals surface area contributed by atoms with Crippen LogP contribution in [0.1, 0.15) is 27.7 Å². The second-order valence-corrected chi connectivity index (χ2v) is 4.10. The monoisotopic (exact) mass is 173 g/mol. The summed E-state index contributed by atoms with van der Waals surface area (Å²) in [6.45, 7) is 9.09.